The number of aliphatic hydroxyl groups excluding tert-OH is 1. The molecule has 4 aromatic heterocycles. The molecule has 6 aliphatic heterocycles. The lowest BCUT2D eigenvalue weighted by Crippen LogP contribution is -2.57. The minimum atomic E-state index is -1.10. The highest BCUT2D eigenvalue weighted by Gasteiger charge is 2.43. The number of nitrogens with zero attached hydrogens (tertiary/aromatic N) is 12. The maximum Gasteiger partial charge on any atom is 0.410 e. The number of allylic oxidation sites excluding steroid dienone is 6. The first-order valence-electron chi connectivity index (χ1n) is 47.4. The van der Waals surface area contributed by atoms with Crippen LogP contribution in [-0.2, 0) is 99.1 Å². The number of hydrogen-bond acceptors (Lipinski definition) is 31. The number of hydrogen-bond donors (Lipinski definition) is 7. The van der Waals surface area contributed by atoms with Crippen LogP contribution in [0.2, 0.25) is 0 Å². The van der Waals surface area contributed by atoms with Crippen LogP contribution in [0.25, 0.3) is 11.1 Å². The highest BCUT2D eigenvalue weighted by molar-refractivity contribution is 6.38. The molecule has 10 atom stereocenters. The Morgan fingerprint density at radius 1 is 0.679 bits per heavy atom. The van der Waals surface area contributed by atoms with Crippen LogP contribution >= 0.6 is 0 Å². The molecule has 10 heterocycles. The Morgan fingerprint density at radius 3 is 2.19 bits per heavy atom. The van der Waals surface area contributed by atoms with Crippen LogP contribution in [0.5, 0.6) is 0 Å². The number of carboxylic acid groups (broad SMARTS) is 1. The molecule has 722 valence electrons. The SMILES string of the molecule is CO[C@H]1CC2CCCC(O2)C(=O)C(=O)N2CCCC[C@H]2C(=O)O[C@H](CC[C@H]2CC[C@H](OC(=O)N3CCc4nc(N5CCN(c6ncc(C(=O)NCCOCCOCCOCCOCCC(=O)N7CCc8cc(CNc9ncnc(N)c9C(=N)c9ccc%10oc(N)nc%10c9)ccc8C7)cn6)[C@@H](C(=O)O)C5)ncc4C3)CC2)CC[C@H](C)/C=C(\C)[C@@H](O)CC(=O)[C@H](C)C[C@H](C)/C=C/C=C/C=C/1C. The monoisotopic (exact) mass is 1850 g/mol. The van der Waals surface area contributed by atoms with Gasteiger partial charge in [-0.15, -0.1) is 0 Å². The summed E-state index contributed by atoms with van der Waals surface area (Å²) in [5.41, 5.74) is 20.7. The minimum Gasteiger partial charge on any atom is -0.480 e. The summed E-state index contributed by atoms with van der Waals surface area (Å²) >= 11 is 0. The average Bonchev–Trinajstić information content (AvgIpc) is 0.930. The number of piperidine rings is 1. The number of piperazine rings is 1. The van der Waals surface area contributed by atoms with E-state index < -0.39 is 66.0 Å². The topological polar surface area (TPSA) is 470 Å². The molecular weight excluding hydrogens is 1720 g/mol. The number of cyclic esters (lactones) is 1. The average molecular weight is 1850 g/mol. The first-order valence-corrected chi connectivity index (χ1v) is 47.4. The standard InChI is InChI=1S/C98H131N17O19/c1-61-13-8-7-9-14-63(3)84(126-6)51-75-15-12-17-83(131-75)88(119)92(121)114-34-11-10-16-78(114)94(124)132-73(25-18-62(2)48-65(5)81(117)52-80(116)64(4)47-61)26-20-66-21-27-74(28-22-66)133-98(125)113-36-31-76-72(58-113)56-106-97(110-76)112-37-38-115(79(59-112)93(122)123)96-104-54-71(55-105-96)91(120)102-33-40-128-42-44-130-46-45-129-43-41-127-39-32-85(118)111-35-30-68-49-67(19-23-70(68)57-111)53-103-90-86(89(100)107-60-108-90)87(99)69-24-29-82-77(50-69)109-95(101)134-82/h7-9,13-14,19,23-24,29,48-50,54-56,60-62,64,66,73-75,78-79,81,83-84,99,117H,10-12,15-18,20-22,25-28,30-47,51-53,57-59H2,1-6H3,(H2,101,109)(H,102,120)(H,122,123)(H3,100,103,107,108)/b9-7+,13-8+,63-14+,65-48+,99-87?/t61-,62+,64-,66-,73+,74-,75?,78+,79-,81+,83?,84+/m1/s1. The van der Waals surface area contributed by atoms with E-state index in [-0.39, 0.29) is 148 Å². The number of Topliss-reactive ketones (excluding diaryl/α,β-unsaturated/α-hetero) is 2. The maximum atomic E-state index is 14.5. The molecule has 3 saturated heterocycles. The molecule has 4 amide bonds. The normalized spacial score (nSPS) is 25.3. The summed E-state index contributed by atoms with van der Waals surface area (Å²) in [5.74, 6) is -2.25. The summed E-state index contributed by atoms with van der Waals surface area (Å²) in [6.07, 6.45) is 25.3. The number of carboxylic acids is 1. The molecule has 134 heavy (non-hydrogen) atoms. The Labute approximate surface area is 782 Å². The number of amides is 4. The number of nitrogens with one attached hydrogen (secondary N) is 3. The van der Waals surface area contributed by atoms with Crippen molar-refractivity contribution >= 4 is 93.7 Å². The van der Waals surface area contributed by atoms with Crippen LogP contribution < -0.4 is 31.9 Å². The molecule has 7 aliphatic rings. The zero-order valence-corrected chi connectivity index (χ0v) is 77.9. The molecule has 0 spiro atoms. The van der Waals surface area contributed by atoms with Gasteiger partial charge in [0.2, 0.25) is 23.6 Å². The number of carbonyl (C=O) groups excluding carboxylic acids is 7. The van der Waals surface area contributed by atoms with Gasteiger partial charge in [-0.25, -0.2) is 44.3 Å². The van der Waals surface area contributed by atoms with Crippen LogP contribution in [-0.4, -0.2) is 267 Å². The molecule has 1 aliphatic carbocycles. The number of aromatic nitrogens is 7. The van der Waals surface area contributed by atoms with Crippen LogP contribution in [0, 0.1) is 29.1 Å². The van der Waals surface area contributed by atoms with Crippen molar-refractivity contribution in [2.24, 2.45) is 23.7 Å². The number of methoxy groups -OCH3 is 1. The third-order valence-corrected chi connectivity index (χ3v) is 26.4. The second-order valence-electron chi connectivity index (χ2n) is 36.3. The second kappa shape index (κ2) is 49.1. The number of benzene rings is 2. The van der Waals surface area contributed by atoms with Crippen LogP contribution in [0.15, 0.2) is 113 Å². The minimum absolute atomic E-state index is 0.00365. The number of ketones is 2. The van der Waals surface area contributed by atoms with Gasteiger partial charge in [-0.05, 0) is 180 Å². The Bertz CT molecular complexity index is 5170. The lowest BCUT2D eigenvalue weighted by molar-refractivity contribution is -0.167. The Hall–Kier alpha value is -11.5. The molecule has 36 heteroatoms. The van der Waals surface area contributed by atoms with E-state index >= 15 is 0 Å². The lowest BCUT2D eigenvalue weighted by Gasteiger charge is -2.39. The maximum absolute atomic E-state index is 14.5. The fraction of sp³-hybridized carbons (Fsp3) is 0.571. The van der Waals surface area contributed by atoms with Gasteiger partial charge >= 0.3 is 18.0 Å². The molecule has 13 rings (SSSR count). The Kier molecular flexibility index (Phi) is 36.6. The molecule has 0 radical (unpaired) electrons. The van der Waals surface area contributed by atoms with E-state index in [4.69, 9.17) is 64.2 Å². The number of aliphatic carboxylic acids is 1. The van der Waals surface area contributed by atoms with Crippen molar-refractivity contribution < 1.29 is 90.9 Å². The smallest absolute Gasteiger partial charge is 0.410 e. The van der Waals surface area contributed by atoms with Gasteiger partial charge in [0.05, 0.1) is 113 Å². The van der Waals surface area contributed by atoms with Gasteiger partial charge in [0.15, 0.2) is 5.58 Å². The van der Waals surface area contributed by atoms with Crippen molar-refractivity contribution in [2.45, 2.75) is 231 Å². The molecule has 6 aromatic rings. The van der Waals surface area contributed by atoms with Crippen LogP contribution in [0.1, 0.15) is 200 Å². The van der Waals surface area contributed by atoms with Crippen LogP contribution in [0.4, 0.5) is 34.3 Å². The van der Waals surface area contributed by atoms with Gasteiger partial charge in [0.25, 0.3) is 17.8 Å². The molecule has 2 aromatic carbocycles. The largest absolute Gasteiger partial charge is 0.480 e. The predicted molar refractivity (Wildman–Crippen MR) is 499 cm³/mol. The summed E-state index contributed by atoms with van der Waals surface area (Å²) in [5, 5.41) is 36.9. The van der Waals surface area contributed by atoms with Crippen molar-refractivity contribution in [1.82, 2.24) is 54.9 Å². The Morgan fingerprint density at radius 2 is 1.43 bits per heavy atom. The molecule has 4 fully saturated rings. The number of aliphatic hydroxyl groups is 1. The van der Waals surface area contributed by atoms with Crippen molar-refractivity contribution in [1.29, 1.82) is 5.41 Å². The number of fused-ring (bicyclic) bond motifs is 6. The molecule has 1 saturated carbocycles. The second-order valence-corrected chi connectivity index (χ2v) is 36.3. The summed E-state index contributed by atoms with van der Waals surface area (Å²) in [6, 6.07) is 9.34. The van der Waals surface area contributed by atoms with E-state index in [0.29, 0.717) is 202 Å². The van der Waals surface area contributed by atoms with Gasteiger partial charge in [-0.2, -0.15) is 4.98 Å². The van der Waals surface area contributed by atoms with Crippen molar-refractivity contribution in [2.75, 3.05) is 132 Å². The predicted octanol–water partition coefficient (Wildman–Crippen LogP) is 10.4. The first-order chi connectivity index (χ1) is 64.8. The zero-order valence-electron chi connectivity index (χ0n) is 77.9. The first kappa shape index (κ1) is 99.9. The summed E-state index contributed by atoms with van der Waals surface area (Å²) in [7, 11) is 1.65. The van der Waals surface area contributed by atoms with Gasteiger partial charge in [-0.1, -0.05) is 75.4 Å². The third kappa shape index (κ3) is 27.8. The molecular formula is C98H131N17O19. The van der Waals surface area contributed by atoms with E-state index in [1.165, 1.54) is 23.6 Å². The molecule has 2 bridgehead atoms. The molecule has 2 unspecified atom stereocenters. The van der Waals surface area contributed by atoms with E-state index in [1.54, 1.807) is 41.3 Å². The molecule has 9 N–H and O–H groups in total. The zero-order chi connectivity index (χ0) is 94.7. The van der Waals surface area contributed by atoms with E-state index in [1.807, 2.05) is 80.0 Å². The van der Waals surface area contributed by atoms with Crippen molar-refractivity contribution in [3.63, 3.8) is 0 Å². The van der Waals surface area contributed by atoms with Crippen molar-refractivity contribution in [3.8, 4) is 0 Å². The fourth-order valence-electron chi connectivity index (χ4n) is 18.6. The van der Waals surface area contributed by atoms with Gasteiger partial charge in [0.1, 0.15) is 59.7 Å². The van der Waals surface area contributed by atoms with Gasteiger partial charge < -0.3 is 99.1 Å². The third-order valence-electron chi connectivity index (χ3n) is 26.4. The number of esters is 1. The van der Waals surface area contributed by atoms with Gasteiger partial charge in [0, 0.05) is 114 Å². The number of carbonyl (C=O) groups is 8. The quantitative estimate of drug-likeness (QED) is 0.00754. The van der Waals surface area contributed by atoms with Crippen LogP contribution in [0.3, 0.4) is 0 Å². The Balaban J connectivity index is 0.486. The number of nitrogen functional groups attached to an aromatic ring is 2. The highest BCUT2D eigenvalue weighted by atomic mass is 16.6. The fourth-order valence-corrected chi connectivity index (χ4v) is 18.6. The summed E-state index contributed by atoms with van der Waals surface area (Å²) < 4.78 is 52.9. The number of ether oxygens (including phenoxy) is 8. The summed E-state index contributed by atoms with van der Waals surface area (Å²) in [4.78, 5) is 149. The number of rotatable bonds is 29. The lowest BCUT2D eigenvalue weighted by atomic mass is 9.83. The molecule has 36 nitrogen and oxygen atoms in total. The number of anilines is 5. The van der Waals surface area contributed by atoms with E-state index in [2.05, 4.69) is 59.6 Å². The highest BCUT2D eigenvalue weighted by Crippen LogP contribution is 2.36. The van der Waals surface area contributed by atoms with E-state index in [9.17, 15) is 48.6 Å². The van der Waals surface area contributed by atoms with Crippen molar-refractivity contribution in [3.05, 3.63) is 154 Å². The van der Waals surface area contributed by atoms with E-state index in [0.717, 1.165) is 52.8 Å². The van der Waals surface area contributed by atoms with Gasteiger partial charge in [-0.3, -0.25) is 29.4 Å². The number of nitrogens with two attached hydrogens (primary N) is 2. The number of oxazole rings is 1. The summed E-state index contributed by atoms with van der Waals surface area (Å²) in [6.45, 7) is 15.4.